The van der Waals surface area contributed by atoms with E-state index in [1.807, 2.05) is 42.5 Å². The maximum Gasteiger partial charge on any atom is 0.143 e. The average molecular weight is 606 g/mol. The van der Waals surface area contributed by atoms with Crippen molar-refractivity contribution in [2.75, 3.05) is 0 Å². The number of hydrogen-bond donors (Lipinski definition) is 2. The predicted octanol–water partition coefficient (Wildman–Crippen LogP) is 7.52. The van der Waals surface area contributed by atoms with Crippen molar-refractivity contribution in [3.05, 3.63) is 89.2 Å². The van der Waals surface area contributed by atoms with Gasteiger partial charge < -0.3 is 10.2 Å². The van der Waals surface area contributed by atoms with Crippen LogP contribution in [0.4, 0.5) is 0 Å². The molecule has 26 heavy (non-hydrogen) atoms. The molecule has 0 radical (unpaired) electrons. The van der Waals surface area contributed by atoms with Crippen LogP contribution >= 0.6 is 63.7 Å². The van der Waals surface area contributed by atoms with Crippen molar-refractivity contribution in [2.45, 2.75) is 12.3 Å². The summed E-state index contributed by atoms with van der Waals surface area (Å²) in [6.45, 7) is 0. The minimum Gasteiger partial charge on any atom is -0.506 e. The molecular formula is C20H14Br4O2. The smallest absolute Gasteiger partial charge is 0.143 e. The lowest BCUT2D eigenvalue weighted by atomic mass is 9.86. The lowest BCUT2D eigenvalue weighted by Gasteiger charge is -2.21. The first-order valence-corrected chi connectivity index (χ1v) is 10.9. The van der Waals surface area contributed by atoms with Crippen LogP contribution < -0.4 is 0 Å². The normalized spacial score (nSPS) is 11.1. The van der Waals surface area contributed by atoms with Crippen LogP contribution in [0.2, 0.25) is 0 Å². The van der Waals surface area contributed by atoms with Crippen LogP contribution in [0, 0.1) is 0 Å². The van der Waals surface area contributed by atoms with Crippen molar-refractivity contribution in [1.82, 2.24) is 0 Å². The molecule has 3 aromatic rings. The first kappa shape index (κ1) is 19.9. The fourth-order valence-electron chi connectivity index (χ4n) is 2.85. The molecule has 134 valence electrons. The molecule has 2 N–H and O–H groups in total. The molecule has 0 aromatic heterocycles. The van der Waals surface area contributed by atoms with Crippen LogP contribution in [0.3, 0.4) is 0 Å². The van der Waals surface area contributed by atoms with Crippen LogP contribution in [0.15, 0.2) is 72.5 Å². The molecule has 0 saturated carbocycles. The van der Waals surface area contributed by atoms with Crippen molar-refractivity contribution in [1.29, 1.82) is 0 Å². The fraction of sp³-hybridized carbons (Fsp3) is 0.100. The Morgan fingerprint density at radius 3 is 1.42 bits per heavy atom. The van der Waals surface area contributed by atoms with E-state index in [4.69, 9.17) is 0 Å². The minimum atomic E-state index is 0.0406. The summed E-state index contributed by atoms with van der Waals surface area (Å²) >= 11 is 13.7. The van der Waals surface area contributed by atoms with E-state index in [-0.39, 0.29) is 17.4 Å². The van der Waals surface area contributed by atoms with Crippen molar-refractivity contribution in [3.63, 3.8) is 0 Å². The maximum absolute atomic E-state index is 10.1. The summed E-state index contributed by atoms with van der Waals surface area (Å²) in [6.07, 6.45) is 0.786. The van der Waals surface area contributed by atoms with Gasteiger partial charge in [0.25, 0.3) is 0 Å². The number of hydrogen-bond acceptors (Lipinski definition) is 2. The number of phenolic OH excluding ortho intramolecular Hbond substituents is 2. The zero-order chi connectivity index (χ0) is 18.8. The van der Waals surface area contributed by atoms with E-state index in [1.165, 1.54) is 5.56 Å². The van der Waals surface area contributed by atoms with E-state index in [0.29, 0.717) is 17.9 Å². The highest BCUT2D eigenvalue weighted by Gasteiger charge is 2.20. The third-order valence-electron chi connectivity index (χ3n) is 4.17. The van der Waals surface area contributed by atoms with E-state index in [2.05, 4.69) is 75.9 Å². The molecular weight excluding hydrogens is 592 g/mol. The van der Waals surface area contributed by atoms with Crippen molar-refractivity contribution >= 4 is 63.7 Å². The number of phenols is 2. The minimum absolute atomic E-state index is 0.0406. The van der Waals surface area contributed by atoms with E-state index < -0.39 is 0 Å². The van der Waals surface area contributed by atoms with Gasteiger partial charge in [0.1, 0.15) is 11.5 Å². The topological polar surface area (TPSA) is 40.5 Å². The first-order valence-electron chi connectivity index (χ1n) is 7.76. The summed E-state index contributed by atoms with van der Waals surface area (Å²) in [5, 5.41) is 20.1. The predicted molar refractivity (Wildman–Crippen MR) is 119 cm³/mol. The Kier molecular flexibility index (Phi) is 6.49. The molecule has 0 heterocycles. The molecule has 0 spiro atoms. The molecule has 3 rings (SSSR count). The SMILES string of the molecule is Oc1c(Br)cc(C(Cc2ccccc2)c2cc(Br)c(O)c(Br)c2)cc1Br. The van der Waals surface area contributed by atoms with E-state index in [0.717, 1.165) is 17.5 Å². The second kappa shape index (κ2) is 8.46. The molecule has 0 bridgehead atoms. The summed E-state index contributed by atoms with van der Waals surface area (Å²) in [7, 11) is 0. The van der Waals surface area contributed by atoms with Crippen molar-refractivity contribution < 1.29 is 10.2 Å². The molecule has 0 atom stereocenters. The molecule has 0 aliphatic carbocycles. The molecule has 0 saturated heterocycles. The van der Waals surface area contributed by atoms with Gasteiger partial charge in [0, 0.05) is 5.92 Å². The summed E-state index contributed by atoms with van der Waals surface area (Å²) in [6, 6.07) is 18.0. The number of benzene rings is 3. The van der Waals surface area contributed by atoms with E-state index >= 15 is 0 Å². The fourth-order valence-corrected chi connectivity index (χ4v) is 5.29. The van der Waals surface area contributed by atoms with Gasteiger partial charge >= 0.3 is 0 Å². The molecule has 6 heteroatoms. The van der Waals surface area contributed by atoms with Gasteiger partial charge in [0.2, 0.25) is 0 Å². The van der Waals surface area contributed by atoms with Crippen molar-refractivity contribution in [2.24, 2.45) is 0 Å². The van der Waals surface area contributed by atoms with Gasteiger partial charge in [-0.1, -0.05) is 30.3 Å². The number of aromatic hydroxyl groups is 2. The molecule has 2 nitrogen and oxygen atoms in total. The standard InChI is InChI=1S/C20H14Br4O2/c21-15-7-12(8-16(22)19(15)25)14(6-11-4-2-1-3-5-11)13-9-17(23)20(26)18(24)10-13/h1-5,7-10,14,25-26H,6H2. The first-order chi connectivity index (χ1) is 12.4. The Bertz CT molecular complexity index is 838. The molecule has 0 unspecified atom stereocenters. The Hall–Kier alpha value is -0.820. The Labute approximate surface area is 185 Å². The highest BCUT2D eigenvalue weighted by molar-refractivity contribution is 9.11. The quantitative estimate of drug-likeness (QED) is 0.323. The van der Waals surface area contributed by atoms with E-state index in [9.17, 15) is 10.2 Å². The van der Waals surface area contributed by atoms with Gasteiger partial charge in [-0.3, -0.25) is 0 Å². The van der Waals surface area contributed by atoms with Crippen LogP contribution in [-0.4, -0.2) is 10.2 Å². The molecule has 0 aliphatic rings. The maximum atomic E-state index is 10.1. The van der Waals surface area contributed by atoms with Crippen LogP contribution in [0.1, 0.15) is 22.6 Å². The summed E-state index contributed by atoms with van der Waals surface area (Å²) < 4.78 is 2.54. The van der Waals surface area contributed by atoms with Crippen LogP contribution in [-0.2, 0) is 6.42 Å². The second-order valence-electron chi connectivity index (χ2n) is 5.91. The highest BCUT2D eigenvalue weighted by Crippen LogP contribution is 2.41. The zero-order valence-electron chi connectivity index (χ0n) is 13.4. The van der Waals surface area contributed by atoms with Crippen LogP contribution in [0.5, 0.6) is 11.5 Å². The van der Waals surface area contributed by atoms with Crippen molar-refractivity contribution in [3.8, 4) is 11.5 Å². The lowest BCUT2D eigenvalue weighted by Crippen LogP contribution is -2.06. The van der Waals surface area contributed by atoms with Gasteiger partial charge in [-0.15, -0.1) is 0 Å². The molecule has 0 amide bonds. The molecule has 0 aliphatic heterocycles. The van der Waals surface area contributed by atoms with Gasteiger partial charge in [-0.2, -0.15) is 0 Å². The average Bonchev–Trinajstić information content (AvgIpc) is 2.62. The molecule has 3 aromatic carbocycles. The third kappa shape index (κ3) is 4.35. The Balaban J connectivity index is 2.14. The summed E-state index contributed by atoms with van der Waals surface area (Å²) in [5.41, 5.74) is 3.31. The zero-order valence-corrected chi connectivity index (χ0v) is 19.7. The largest absolute Gasteiger partial charge is 0.506 e. The van der Waals surface area contributed by atoms with Gasteiger partial charge in [0.05, 0.1) is 17.9 Å². The van der Waals surface area contributed by atoms with Crippen LogP contribution in [0.25, 0.3) is 0 Å². The monoisotopic (exact) mass is 602 g/mol. The second-order valence-corrected chi connectivity index (χ2v) is 9.33. The summed E-state index contributed by atoms with van der Waals surface area (Å²) in [5.74, 6) is 0.402. The highest BCUT2D eigenvalue weighted by atomic mass is 79.9. The number of halogens is 4. The summed E-state index contributed by atoms with van der Waals surface area (Å²) in [4.78, 5) is 0. The molecule has 0 fully saturated rings. The third-order valence-corrected chi connectivity index (χ3v) is 6.58. The number of rotatable bonds is 4. The van der Waals surface area contributed by atoms with Gasteiger partial charge in [0.15, 0.2) is 0 Å². The lowest BCUT2D eigenvalue weighted by molar-refractivity contribution is 0.468. The van der Waals surface area contributed by atoms with Gasteiger partial charge in [-0.05, 0) is 111 Å². The van der Waals surface area contributed by atoms with E-state index in [1.54, 1.807) is 0 Å². The van der Waals surface area contributed by atoms with Gasteiger partial charge in [-0.25, -0.2) is 0 Å². The Morgan fingerprint density at radius 2 is 1.04 bits per heavy atom. The Morgan fingerprint density at radius 1 is 0.654 bits per heavy atom.